The fraction of sp³-hybridized carbons (Fsp3) is 0. The summed E-state index contributed by atoms with van der Waals surface area (Å²) in [4.78, 5) is 15.6. The Morgan fingerprint density at radius 1 is 1.71 bits per heavy atom. The van der Waals surface area contributed by atoms with Gasteiger partial charge in [0, 0.05) is 0 Å². The van der Waals surface area contributed by atoms with Crippen molar-refractivity contribution in [1.29, 1.82) is 0 Å². The first kappa shape index (κ1) is 7.42. The molecule has 0 aliphatic carbocycles. The van der Waals surface area contributed by atoms with Crippen LogP contribution in [0, 0.1) is 0 Å². The molecule has 7 heteroatoms. The average Bonchev–Trinajstić information content (AvgIpc) is 1.30. The van der Waals surface area contributed by atoms with Gasteiger partial charge >= 0.3 is 7.82 Å². The van der Waals surface area contributed by atoms with Crippen LogP contribution in [0.1, 0.15) is 0 Å². The summed E-state index contributed by atoms with van der Waals surface area (Å²) < 4.78 is 13.2. The van der Waals surface area contributed by atoms with Crippen molar-refractivity contribution < 1.29 is 18.3 Å². The predicted octanol–water partition coefficient (Wildman–Crippen LogP) is -0.382. The largest absolute Gasteiger partial charge is 0.481 e. The zero-order chi connectivity index (χ0) is 5.91. The van der Waals surface area contributed by atoms with Crippen LogP contribution in [0.25, 0.3) is 0 Å². The second-order valence-corrected chi connectivity index (χ2v) is 2.43. The molecule has 0 aliphatic rings. The topological polar surface area (TPSA) is 92.8 Å². The van der Waals surface area contributed by atoms with E-state index in [1.165, 1.54) is 0 Å². The van der Waals surface area contributed by atoms with E-state index in [0.29, 0.717) is 0 Å². The Labute approximate surface area is 44.4 Å². The van der Waals surface area contributed by atoms with E-state index >= 15 is 0 Å². The Hall–Kier alpha value is 0.420. The number of hydrogen-bond acceptors (Lipinski definition) is 4. The monoisotopic (exact) mass is 145 g/mol. The van der Waals surface area contributed by atoms with Crippen molar-refractivity contribution in [3.05, 3.63) is 0 Å². The Balaban J connectivity index is 3.36. The van der Waals surface area contributed by atoms with Crippen molar-refractivity contribution in [3.8, 4) is 0 Å². The summed E-state index contributed by atoms with van der Waals surface area (Å²) in [6.45, 7) is 0. The zero-order valence-corrected chi connectivity index (χ0v) is 4.85. The van der Waals surface area contributed by atoms with Crippen LogP contribution in [0.2, 0.25) is 0 Å². The quantitative estimate of drug-likeness (QED) is 0.278. The van der Waals surface area contributed by atoms with E-state index in [-0.39, 0.29) is 12.2 Å². The Morgan fingerprint density at radius 3 is 2.14 bits per heavy atom. The number of rotatable bonds is 2. The Morgan fingerprint density at radius 2 is 2.14 bits per heavy atom. The molecule has 0 fully saturated rings. The third-order valence-electron chi connectivity index (χ3n) is 0.140. The van der Waals surface area contributed by atoms with Gasteiger partial charge in [0.25, 0.3) is 0 Å². The molecule has 0 bridgehead atoms. The van der Waals surface area contributed by atoms with Crippen LogP contribution in [-0.2, 0) is 8.54 Å². The molecule has 0 aliphatic heterocycles. The van der Waals surface area contributed by atoms with Crippen LogP contribution in [0.5, 0.6) is 0 Å². The van der Waals surface area contributed by atoms with Crippen LogP contribution in [0.15, 0.2) is 0 Å². The highest BCUT2D eigenvalue weighted by Crippen LogP contribution is 2.38. The van der Waals surface area contributed by atoms with Gasteiger partial charge in [-0.2, -0.15) is 3.97 Å². The van der Waals surface area contributed by atoms with Crippen LogP contribution in [0.4, 0.5) is 0 Å². The first-order valence-electron chi connectivity index (χ1n) is 1.17. The van der Waals surface area contributed by atoms with Crippen molar-refractivity contribution in [2.24, 2.45) is 5.14 Å². The van der Waals surface area contributed by atoms with Gasteiger partial charge in [-0.15, -0.1) is 0 Å². The first-order chi connectivity index (χ1) is 3.06. The third-order valence-corrected chi connectivity index (χ3v) is 1.26. The maximum absolute atomic E-state index is 9.60. The van der Waals surface area contributed by atoms with Gasteiger partial charge in [0.2, 0.25) is 0 Å². The van der Waals surface area contributed by atoms with Crippen LogP contribution < -0.4 is 5.14 Å². The number of hydrogen-bond donors (Lipinski definition) is 3. The van der Waals surface area contributed by atoms with E-state index in [1.54, 1.807) is 0 Å². The Kier molecular flexibility index (Phi) is 2.82. The fourth-order valence-electron chi connectivity index (χ4n) is 0.0561. The van der Waals surface area contributed by atoms with E-state index in [0.717, 1.165) is 0 Å². The average molecular weight is 145 g/mol. The molecule has 0 amide bonds. The van der Waals surface area contributed by atoms with Crippen LogP contribution in [0.3, 0.4) is 0 Å². The maximum atomic E-state index is 9.60. The SMILES string of the molecule is NSOP(=O)(O)O. The molecule has 0 atom stereocenters. The summed E-state index contributed by atoms with van der Waals surface area (Å²) in [5.41, 5.74) is 0. The highest BCUT2D eigenvalue weighted by atomic mass is 32.2. The van der Waals surface area contributed by atoms with Crippen molar-refractivity contribution in [3.63, 3.8) is 0 Å². The van der Waals surface area contributed by atoms with Gasteiger partial charge in [0.1, 0.15) is 0 Å². The third kappa shape index (κ3) is 6.42. The number of nitrogens with two attached hydrogens (primary N) is 1. The molecule has 5 nitrogen and oxygen atoms in total. The van der Waals surface area contributed by atoms with Gasteiger partial charge in [-0.1, -0.05) is 0 Å². The number of phosphoric acid groups is 1. The summed E-state index contributed by atoms with van der Waals surface area (Å²) in [7, 11) is -4.33. The zero-order valence-electron chi connectivity index (χ0n) is 3.14. The highest BCUT2D eigenvalue weighted by Gasteiger charge is 2.12. The summed E-state index contributed by atoms with van der Waals surface area (Å²) in [6.07, 6.45) is 0. The molecular formula is H4NO4PS. The van der Waals surface area contributed by atoms with Gasteiger partial charge in [0.05, 0.1) is 12.2 Å². The van der Waals surface area contributed by atoms with Gasteiger partial charge in [-0.3, -0.25) is 5.14 Å². The van der Waals surface area contributed by atoms with E-state index in [9.17, 15) is 4.57 Å². The molecule has 0 heterocycles. The molecule has 0 saturated carbocycles. The van der Waals surface area contributed by atoms with E-state index in [2.05, 4.69) is 9.11 Å². The van der Waals surface area contributed by atoms with Crippen molar-refractivity contribution >= 4 is 20.1 Å². The molecule has 0 radical (unpaired) electrons. The molecule has 0 spiro atoms. The van der Waals surface area contributed by atoms with Crippen molar-refractivity contribution in [1.82, 2.24) is 0 Å². The second kappa shape index (κ2) is 2.66. The maximum Gasteiger partial charge on any atom is 0.481 e. The van der Waals surface area contributed by atoms with Crippen molar-refractivity contribution in [2.75, 3.05) is 0 Å². The molecule has 0 aromatic heterocycles. The smallest absolute Gasteiger partial charge is 0.302 e. The summed E-state index contributed by atoms with van der Waals surface area (Å²) in [5.74, 6) is 0. The van der Waals surface area contributed by atoms with Gasteiger partial charge < -0.3 is 9.79 Å². The van der Waals surface area contributed by atoms with Gasteiger partial charge in [-0.25, -0.2) is 4.57 Å². The minimum absolute atomic E-state index is 0.145. The first-order valence-corrected chi connectivity index (χ1v) is 3.50. The lowest BCUT2D eigenvalue weighted by Gasteiger charge is -1.95. The van der Waals surface area contributed by atoms with E-state index in [1.807, 2.05) is 0 Å². The lowest BCUT2D eigenvalue weighted by molar-refractivity contribution is 0.298. The van der Waals surface area contributed by atoms with Gasteiger partial charge in [-0.05, 0) is 0 Å². The lowest BCUT2D eigenvalue weighted by Crippen LogP contribution is -1.82. The predicted molar refractivity (Wildman–Crippen MR) is 24.9 cm³/mol. The summed E-state index contributed by atoms with van der Waals surface area (Å²) in [5, 5.41) is 4.52. The van der Waals surface area contributed by atoms with Gasteiger partial charge in [0.15, 0.2) is 0 Å². The second-order valence-electron chi connectivity index (χ2n) is 0.661. The normalized spacial score (nSPS) is 11.9. The summed E-state index contributed by atoms with van der Waals surface area (Å²) >= 11 is 0.145. The molecule has 0 rings (SSSR count). The van der Waals surface area contributed by atoms with E-state index < -0.39 is 7.82 Å². The standard InChI is InChI=1S/H4NO4PS/c1-7-5-6(2,3)4/h1H2,(H2,2,3,4). The van der Waals surface area contributed by atoms with Crippen molar-refractivity contribution in [2.45, 2.75) is 0 Å². The molecule has 0 saturated heterocycles. The minimum atomic E-state index is -4.33. The molecule has 44 valence electrons. The summed E-state index contributed by atoms with van der Waals surface area (Å²) in [6, 6.07) is 0. The fourth-order valence-corrected chi connectivity index (χ4v) is 0.505. The highest BCUT2D eigenvalue weighted by molar-refractivity contribution is 7.95. The molecule has 4 N–H and O–H groups in total. The molecule has 0 unspecified atom stereocenters. The van der Waals surface area contributed by atoms with Crippen LogP contribution >= 0.6 is 20.1 Å². The minimum Gasteiger partial charge on any atom is -0.302 e. The van der Waals surface area contributed by atoms with Crippen LogP contribution in [-0.4, -0.2) is 9.79 Å². The van der Waals surface area contributed by atoms with E-state index in [4.69, 9.17) is 9.79 Å². The molecular weight excluding hydrogens is 141 g/mol. The molecule has 7 heavy (non-hydrogen) atoms. The lowest BCUT2D eigenvalue weighted by atomic mass is 14.0. The molecule has 0 aromatic rings. The molecule has 0 aromatic carbocycles. The Bertz CT molecular complexity index is 85.7.